The smallest absolute Gasteiger partial charge is 0.265 e. The fourth-order valence-corrected chi connectivity index (χ4v) is 3.27. The van der Waals surface area contributed by atoms with Crippen molar-refractivity contribution in [2.24, 2.45) is 0 Å². The molecule has 0 aliphatic heterocycles. The molecule has 5 nitrogen and oxygen atoms in total. The topological polar surface area (TPSA) is 71.1 Å². The number of pyridine rings is 1. The molecule has 25 heavy (non-hydrogen) atoms. The number of sulfonamides is 1. The Hall–Kier alpha value is -3.00. The zero-order chi connectivity index (χ0) is 17.9. The van der Waals surface area contributed by atoms with Crippen molar-refractivity contribution in [1.29, 1.82) is 0 Å². The first-order chi connectivity index (χ1) is 11.9. The summed E-state index contributed by atoms with van der Waals surface area (Å²) in [4.78, 5) is 3.94. The maximum atomic E-state index is 13.0. The Labute approximate surface area is 143 Å². The SMILES string of the molecule is O=S(=O)(Nc1ccc(F)cc1)c1cccnc1Nc1ccc(F)cc1. The maximum absolute atomic E-state index is 13.0. The van der Waals surface area contributed by atoms with Crippen LogP contribution in [0.15, 0.2) is 71.8 Å². The Balaban J connectivity index is 1.90. The third-order valence-corrected chi connectivity index (χ3v) is 4.68. The molecule has 0 spiro atoms. The predicted octanol–water partition coefficient (Wildman–Crippen LogP) is 3.90. The number of benzene rings is 2. The number of hydrogen-bond donors (Lipinski definition) is 2. The third kappa shape index (κ3) is 4.10. The highest BCUT2D eigenvalue weighted by Gasteiger charge is 2.19. The molecule has 0 atom stereocenters. The van der Waals surface area contributed by atoms with E-state index in [2.05, 4.69) is 15.0 Å². The normalized spacial score (nSPS) is 11.1. The maximum Gasteiger partial charge on any atom is 0.265 e. The molecular formula is C17H13F2N3O2S. The van der Waals surface area contributed by atoms with Gasteiger partial charge in [0.05, 0.1) is 0 Å². The van der Waals surface area contributed by atoms with Crippen LogP contribution in [0.2, 0.25) is 0 Å². The largest absolute Gasteiger partial charge is 0.339 e. The van der Waals surface area contributed by atoms with Gasteiger partial charge in [-0.3, -0.25) is 4.72 Å². The molecule has 1 aromatic heterocycles. The second-order valence-corrected chi connectivity index (χ2v) is 6.75. The van der Waals surface area contributed by atoms with E-state index in [1.807, 2.05) is 0 Å². The van der Waals surface area contributed by atoms with Gasteiger partial charge in [-0.25, -0.2) is 22.2 Å². The number of hydrogen-bond acceptors (Lipinski definition) is 4. The molecule has 0 bridgehead atoms. The lowest BCUT2D eigenvalue weighted by molar-refractivity contribution is 0.601. The molecule has 0 fully saturated rings. The quantitative estimate of drug-likeness (QED) is 0.723. The standard InChI is InChI=1S/C17H13F2N3O2S/c18-12-3-7-14(8-4-12)21-17-16(2-1-11-20-17)25(23,24)22-15-9-5-13(19)6-10-15/h1-11,22H,(H,20,21). The van der Waals surface area contributed by atoms with Crippen LogP contribution in [-0.2, 0) is 10.0 Å². The second-order valence-electron chi connectivity index (χ2n) is 5.09. The molecule has 0 unspecified atom stereocenters. The molecular weight excluding hydrogens is 348 g/mol. The van der Waals surface area contributed by atoms with Gasteiger partial charge in [0, 0.05) is 17.6 Å². The van der Waals surface area contributed by atoms with Gasteiger partial charge in [-0.2, -0.15) is 0 Å². The van der Waals surface area contributed by atoms with Gasteiger partial charge < -0.3 is 5.32 Å². The van der Waals surface area contributed by atoms with Crippen molar-refractivity contribution in [3.8, 4) is 0 Å². The van der Waals surface area contributed by atoms with E-state index in [4.69, 9.17) is 0 Å². The predicted molar refractivity (Wildman–Crippen MR) is 91.1 cm³/mol. The lowest BCUT2D eigenvalue weighted by Crippen LogP contribution is -2.15. The van der Waals surface area contributed by atoms with Crippen LogP contribution in [0.4, 0.5) is 26.0 Å². The summed E-state index contributed by atoms with van der Waals surface area (Å²) in [5.74, 6) is -0.788. The van der Waals surface area contributed by atoms with Crippen LogP contribution < -0.4 is 10.0 Å². The number of nitrogens with zero attached hydrogens (tertiary/aromatic N) is 1. The Morgan fingerprint density at radius 2 is 1.36 bits per heavy atom. The summed E-state index contributed by atoms with van der Waals surface area (Å²) in [7, 11) is -3.96. The zero-order valence-electron chi connectivity index (χ0n) is 12.8. The Morgan fingerprint density at radius 3 is 1.96 bits per heavy atom. The number of anilines is 3. The lowest BCUT2D eigenvalue weighted by atomic mass is 10.3. The molecule has 2 aromatic carbocycles. The van der Waals surface area contributed by atoms with Gasteiger partial charge in [-0.1, -0.05) is 0 Å². The summed E-state index contributed by atoms with van der Waals surface area (Å²) in [5.41, 5.74) is 0.705. The average molecular weight is 361 g/mol. The fourth-order valence-electron chi connectivity index (χ4n) is 2.10. The van der Waals surface area contributed by atoms with E-state index < -0.39 is 21.7 Å². The summed E-state index contributed by atoms with van der Waals surface area (Å²) < 4.78 is 53.5. The number of halogens is 2. The molecule has 0 saturated carbocycles. The van der Waals surface area contributed by atoms with E-state index in [0.717, 1.165) is 12.1 Å². The Bertz CT molecular complexity index is 976. The van der Waals surface area contributed by atoms with Crippen LogP contribution in [0.5, 0.6) is 0 Å². The van der Waals surface area contributed by atoms with Crippen molar-refractivity contribution in [3.63, 3.8) is 0 Å². The van der Waals surface area contributed by atoms with Crippen LogP contribution in [0, 0.1) is 11.6 Å². The number of nitrogens with one attached hydrogen (secondary N) is 2. The second kappa shape index (κ2) is 6.86. The van der Waals surface area contributed by atoms with E-state index >= 15 is 0 Å². The van der Waals surface area contributed by atoms with Crippen molar-refractivity contribution >= 4 is 27.2 Å². The van der Waals surface area contributed by atoms with E-state index in [9.17, 15) is 17.2 Å². The van der Waals surface area contributed by atoms with Gasteiger partial charge in [-0.15, -0.1) is 0 Å². The molecule has 8 heteroatoms. The molecule has 0 amide bonds. The van der Waals surface area contributed by atoms with Crippen LogP contribution in [-0.4, -0.2) is 13.4 Å². The first kappa shape index (κ1) is 16.8. The average Bonchev–Trinajstić information content (AvgIpc) is 2.59. The molecule has 0 radical (unpaired) electrons. The zero-order valence-corrected chi connectivity index (χ0v) is 13.6. The van der Waals surface area contributed by atoms with Gasteiger partial charge in [-0.05, 0) is 60.7 Å². The molecule has 0 aliphatic carbocycles. The lowest BCUT2D eigenvalue weighted by Gasteiger charge is -2.13. The van der Waals surface area contributed by atoms with Crippen molar-refractivity contribution in [1.82, 2.24) is 4.98 Å². The highest BCUT2D eigenvalue weighted by atomic mass is 32.2. The molecule has 0 aliphatic rings. The molecule has 0 saturated heterocycles. The highest BCUT2D eigenvalue weighted by Crippen LogP contribution is 2.24. The van der Waals surface area contributed by atoms with Gasteiger partial charge in [0.15, 0.2) is 5.82 Å². The fraction of sp³-hybridized carbons (Fsp3) is 0. The molecule has 3 rings (SSSR count). The van der Waals surface area contributed by atoms with Crippen LogP contribution in [0.1, 0.15) is 0 Å². The summed E-state index contributed by atoms with van der Waals surface area (Å²) >= 11 is 0. The third-order valence-electron chi connectivity index (χ3n) is 3.26. The minimum absolute atomic E-state index is 0.0868. The molecule has 1 heterocycles. The Kier molecular flexibility index (Phi) is 4.62. The summed E-state index contributed by atoms with van der Waals surface area (Å²) in [6, 6.07) is 13.2. The molecule has 128 valence electrons. The minimum Gasteiger partial charge on any atom is -0.339 e. The first-order valence-corrected chi connectivity index (χ1v) is 8.68. The van der Waals surface area contributed by atoms with E-state index in [1.165, 1.54) is 54.7 Å². The van der Waals surface area contributed by atoms with Gasteiger partial charge in [0.25, 0.3) is 10.0 Å². The van der Waals surface area contributed by atoms with Crippen LogP contribution in [0.3, 0.4) is 0 Å². The summed E-state index contributed by atoms with van der Waals surface area (Å²) in [5, 5.41) is 2.84. The summed E-state index contributed by atoms with van der Waals surface area (Å²) in [6.07, 6.45) is 1.43. The molecule has 3 aromatic rings. The highest BCUT2D eigenvalue weighted by molar-refractivity contribution is 7.92. The van der Waals surface area contributed by atoms with Crippen LogP contribution >= 0.6 is 0 Å². The van der Waals surface area contributed by atoms with Crippen molar-refractivity contribution < 1.29 is 17.2 Å². The van der Waals surface area contributed by atoms with Crippen molar-refractivity contribution in [2.45, 2.75) is 4.90 Å². The van der Waals surface area contributed by atoms with E-state index in [1.54, 1.807) is 0 Å². The number of rotatable bonds is 5. The van der Waals surface area contributed by atoms with Crippen molar-refractivity contribution in [2.75, 3.05) is 10.0 Å². The van der Waals surface area contributed by atoms with Crippen molar-refractivity contribution in [3.05, 3.63) is 78.5 Å². The first-order valence-electron chi connectivity index (χ1n) is 7.20. The van der Waals surface area contributed by atoms with Crippen LogP contribution in [0.25, 0.3) is 0 Å². The Morgan fingerprint density at radius 1 is 0.800 bits per heavy atom. The molecule has 2 N–H and O–H groups in total. The van der Waals surface area contributed by atoms with E-state index in [-0.39, 0.29) is 16.4 Å². The van der Waals surface area contributed by atoms with Gasteiger partial charge in [0.2, 0.25) is 0 Å². The summed E-state index contributed by atoms with van der Waals surface area (Å²) in [6.45, 7) is 0. The van der Waals surface area contributed by atoms with E-state index in [0.29, 0.717) is 5.69 Å². The number of aromatic nitrogens is 1. The van der Waals surface area contributed by atoms with Gasteiger partial charge >= 0.3 is 0 Å². The van der Waals surface area contributed by atoms with Gasteiger partial charge in [0.1, 0.15) is 16.5 Å². The minimum atomic E-state index is -3.96. The monoisotopic (exact) mass is 361 g/mol.